The highest BCUT2D eigenvalue weighted by molar-refractivity contribution is 7.99. The summed E-state index contributed by atoms with van der Waals surface area (Å²) in [5, 5.41) is 19.8. The summed E-state index contributed by atoms with van der Waals surface area (Å²) in [6.07, 6.45) is 0.701. The lowest BCUT2D eigenvalue weighted by molar-refractivity contribution is -0.268. The summed E-state index contributed by atoms with van der Waals surface area (Å²) in [6, 6.07) is 22.3. The average molecular weight is 573 g/mol. The van der Waals surface area contributed by atoms with Crippen LogP contribution >= 0.6 is 11.8 Å². The summed E-state index contributed by atoms with van der Waals surface area (Å²) in [5.41, 5.74) is 4.68. The van der Waals surface area contributed by atoms with E-state index in [1.165, 1.54) is 13.3 Å². The Kier molecular flexibility index (Phi) is 9.25. The number of nitrogens with one attached hydrogen (secondary N) is 2. The zero-order chi connectivity index (χ0) is 28.8. The number of benzene rings is 3. The van der Waals surface area contributed by atoms with Gasteiger partial charge in [-0.25, -0.2) is 4.98 Å². The lowest BCUT2D eigenvalue weighted by Crippen LogP contribution is -2.38. The van der Waals surface area contributed by atoms with E-state index in [0.717, 1.165) is 27.4 Å². The number of rotatable bonds is 10. The van der Waals surface area contributed by atoms with Crippen LogP contribution in [0, 0.1) is 5.92 Å². The van der Waals surface area contributed by atoms with Crippen molar-refractivity contribution in [2.24, 2.45) is 5.92 Å². The van der Waals surface area contributed by atoms with Gasteiger partial charge < -0.3 is 19.9 Å². The van der Waals surface area contributed by atoms with Gasteiger partial charge in [-0.05, 0) is 35.7 Å². The van der Waals surface area contributed by atoms with Crippen LogP contribution in [0.2, 0.25) is 0 Å². The summed E-state index contributed by atoms with van der Waals surface area (Å²) >= 11 is 1.54. The highest BCUT2D eigenvalue weighted by atomic mass is 32.2. The molecule has 41 heavy (non-hydrogen) atoms. The molecule has 1 saturated heterocycles. The molecule has 0 bridgehead atoms. The number of aliphatic hydroxyl groups is 1. The van der Waals surface area contributed by atoms with E-state index in [9.17, 15) is 14.7 Å². The average Bonchev–Trinajstić information content (AvgIpc) is 3.51. The molecule has 1 aliphatic rings. The number of aliphatic hydroxyl groups excluding tert-OH is 1. The van der Waals surface area contributed by atoms with Crippen molar-refractivity contribution in [1.29, 1.82) is 0 Å². The standard InChI is InChI=1S/C31H32N4O5S/c1-19-27(17-41-31-32-18-33-35-31)39-30(40-29(19)23-10-8-22(16-36)9-11-23)24-12-6-21(7-13-24)14-28(38)34-26-5-3-4-25(15-26)20(2)37/h3-13,15,18-19,27,29-30,36H,14,16-17H2,1-2H3,(H,34,38)(H,32,33,35). The van der Waals surface area contributed by atoms with Gasteiger partial charge in [0.1, 0.15) is 6.33 Å². The van der Waals surface area contributed by atoms with Crippen LogP contribution in [0.25, 0.3) is 0 Å². The molecule has 4 aromatic rings. The van der Waals surface area contributed by atoms with Gasteiger partial charge in [0.2, 0.25) is 5.91 Å². The van der Waals surface area contributed by atoms with Gasteiger partial charge in [-0.1, -0.05) is 79.3 Å². The first kappa shape index (κ1) is 28.7. The molecule has 0 spiro atoms. The molecule has 1 aromatic heterocycles. The van der Waals surface area contributed by atoms with Crippen LogP contribution in [-0.2, 0) is 27.3 Å². The van der Waals surface area contributed by atoms with Crippen molar-refractivity contribution in [2.45, 2.75) is 50.5 Å². The largest absolute Gasteiger partial charge is 0.392 e. The second kappa shape index (κ2) is 13.2. The fraction of sp³-hybridized carbons (Fsp3) is 0.290. The van der Waals surface area contributed by atoms with Gasteiger partial charge in [-0.2, -0.15) is 5.10 Å². The predicted molar refractivity (Wildman–Crippen MR) is 155 cm³/mol. The normalized spacial score (nSPS) is 20.5. The van der Waals surface area contributed by atoms with Crippen LogP contribution in [0.5, 0.6) is 0 Å². The number of aromatic amines is 1. The Morgan fingerprint density at radius 3 is 2.41 bits per heavy atom. The first-order valence-corrected chi connectivity index (χ1v) is 14.4. The number of aromatic nitrogens is 3. The van der Waals surface area contributed by atoms with Crippen LogP contribution in [0.15, 0.2) is 84.3 Å². The minimum Gasteiger partial charge on any atom is -0.392 e. The van der Waals surface area contributed by atoms with Crippen LogP contribution in [0.4, 0.5) is 5.69 Å². The molecule has 212 valence electrons. The molecule has 4 atom stereocenters. The summed E-state index contributed by atoms with van der Waals surface area (Å²) in [4.78, 5) is 28.5. The molecule has 0 saturated carbocycles. The second-order valence-corrected chi connectivity index (χ2v) is 11.0. The van der Waals surface area contributed by atoms with E-state index in [2.05, 4.69) is 27.4 Å². The molecule has 10 heteroatoms. The van der Waals surface area contributed by atoms with Gasteiger partial charge in [0.05, 0.1) is 25.2 Å². The third kappa shape index (κ3) is 7.28. The number of H-pyrrole nitrogens is 1. The number of ether oxygens (including phenoxy) is 2. The highest BCUT2D eigenvalue weighted by Gasteiger charge is 2.38. The fourth-order valence-electron chi connectivity index (χ4n) is 4.73. The number of hydrogen-bond acceptors (Lipinski definition) is 8. The van der Waals surface area contributed by atoms with E-state index in [1.807, 2.05) is 48.5 Å². The first-order chi connectivity index (χ1) is 19.9. The molecule has 0 aliphatic carbocycles. The fourth-order valence-corrected chi connectivity index (χ4v) is 5.68. The van der Waals surface area contributed by atoms with Crippen molar-refractivity contribution in [3.8, 4) is 0 Å². The van der Waals surface area contributed by atoms with E-state index in [0.29, 0.717) is 17.0 Å². The van der Waals surface area contributed by atoms with Crippen LogP contribution in [0.3, 0.4) is 0 Å². The molecule has 1 aliphatic heterocycles. The molecule has 4 unspecified atom stereocenters. The number of anilines is 1. The molecule has 3 aromatic carbocycles. The van der Waals surface area contributed by atoms with E-state index in [-0.39, 0.29) is 42.8 Å². The van der Waals surface area contributed by atoms with Gasteiger partial charge in [0.15, 0.2) is 17.2 Å². The minimum absolute atomic E-state index is 0.0152. The third-order valence-electron chi connectivity index (χ3n) is 7.07. The number of nitrogens with zero attached hydrogens (tertiary/aromatic N) is 2. The predicted octanol–water partition coefficient (Wildman–Crippen LogP) is 5.26. The maximum atomic E-state index is 12.7. The Hall–Kier alpha value is -3.83. The third-order valence-corrected chi connectivity index (χ3v) is 8.04. The molecule has 0 radical (unpaired) electrons. The van der Waals surface area contributed by atoms with Crippen molar-refractivity contribution < 1.29 is 24.2 Å². The SMILES string of the molecule is CC(=O)c1cccc(NC(=O)Cc2ccc(C3OC(CSc4ncn[nH]4)C(C)C(c4ccc(CO)cc4)O3)cc2)c1. The van der Waals surface area contributed by atoms with Gasteiger partial charge in [-0.3, -0.25) is 14.7 Å². The molecule has 1 amide bonds. The summed E-state index contributed by atoms with van der Waals surface area (Å²) in [6.45, 7) is 3.59. The van der Waals surface area contributed by atoms with Gasteiger partial charge in [0, 0.05) is 28.5 Å². The lowest BCUT2D eigenvalue weighted by atomic mass is 9.91. The van der Waals surface area contributed by atoms with E-state index in [4.69, 9.17) is 9.47 Å². The highest BCUT2D eigenvalue weighted by Crippen LogP contribution is 2.42. The zero-order valence-corrected chi connectivity index (χ0v) is 23.6. The van der Waals surface area contributed by atoms with Gasteiger partial charge in [0.25, 0.3) is 0 Å². The monoisotopic (exact) mass is 572 g/mol. The molecular formula is C31H32N4O5S. The van der Waals surface area contributed by atoms with Gasteiger partial charge >= 0.3 is 0 Å². The molecule has 9 nitrogen and oxygen atoms in total. The number of Topliss-reactive ketones (excluding diaryl/α,β-unsaturated/α-hetero) is 1. The van der Waals surface area contributed by atoms with Crippen molar-refractivity contribution in [3.63, 3.8) is 0 Å². The van der Waals surface area contributed by atoms with Crippen LogP contribution < -0.4 is 5.32 Å². The number of carbonyl (C=O) groups is 2. The van der Waals surface area contributed by atoms with Crippen molar-refractivity contribution >= 4 is 29.1 Å². The lowest BCUT2D eigenvalue weighted by Gasteiger charge is -2.41. The molecule has 3 N–H and O–H groups in total. The Bertz CT molecular complexity index is 1460. The molecule has 1 fully saturated rings. The smallest absolute Gasteiger partial charge is 0.228 e. The molecular weight excluding hydrogens is 540 g/mol. The quantitative estimate of drug-likeness (QED) is 0.173. The molecule has 5 rings (SSSR count). The minimum atomic E-state index is -0.605. The van der Waals surface area contributed by atoms with Crippen molar-refractivity contribution in [1.82, 2.24) is 15.2 Å². The Labute approximate surface area is 242 Å². The number of ketones is 1. The summed E-state index contributed by atoms with van der Waals surface area (Å²) < 4.78 is 13.0. The number of amides is 1. The zero-order valence-electron chi connectivity index (χ0n) is 22.8. The summed E-state index contributed by atoms with van der Waals surface area (Å²) in [7, 11) is 0. The number of hydrogen-bond donors (Lipinski definition) is 3. The summed E-state index contributed by atoms with van der Waals surface area (Å²) in [5.74, 6) is 0.478. The topological polar surface area (TPSA) is 126 Å². The molecule has 2 heterocycles. The van der Waals surface area contributed by atoms with Crippen molar-refractivity contribution in [3.05, 3.63) is 107 Å². The first-order valence-electron chi connectivity index (χ1n) is 13.4. The number of carbonyl (C=O) groups excluding carboxylic acids is 2. The Morgan fingerprint density at radius 1 is 1.00 bits per heavy atom. The maximum absolute atomic E-state index is 12.7. The van der Waals surface area contributed by atoms with Crippen LogP contribution in [-0.4, -0.2) is 43.8 Å². The van der Waals surface area contributed by atoms with Crippen LogP contribution in [0.1, 0.15) is 58.9 Å². The van der Waals surface area contributed by atoms with E-state index in [1.54, 1.807) is 36.0 Å². The maximum Gasteiger partial charge on any atom is 0.228 e. The van der Waals surface area contributed by atoms with Crippen molar-refractivity contribution in [2.75, 3.05) is 11.1 Å². The van der Waals surface area contributed by atoms with Gasteiger partial charge in [-0.15, -0.1) is 0 Å². The van der Waals surface area contributed by atoms with E-state index >= 15 is 0 Å². The second-order valence-electron chi connectivity index (χ2n) is 10.0. The Morgan fingerprint density at radius 2 is 1.73 bits per heavy atom. The van der Waals surface area contributed by atoms with E-state index < -0.39 is 6.29 Å². The number of thioether (sulfide) groups is 1. The Balaban J connectivity index is 1.29.